The Kier molecular flexibility index (Phi) is 6.48. The molecule has 0 aliphatic heterocycles. The summed E-state index contributed by atoms with van der Waals surface area (Å²) in [5.41, 5.74) is 6.12. The zero-order valence-electron chi connectivity index (χ0n) is 16.3. The first-order valence-corrected chi connectivity index (χ1v) is 8.88. The quantitative estimate of drug-likeness (QED) is 0.444. The van der Waals surface area contributed by atoms with Crippen molar-refractivity contribution < 1.29 is 32.8 Å². The number of furan rings is 1. The number of esters is 1. The van der Waals surface area contributed by atoms with Crippen LogP contribution in [0.15, 0.2) is 51.6 Å². The Morgan fingerprint density at radius 3 is 2.47 bits per heavy atom. The molecule has 2 amide bonds. The van der Waals surface area contributed by atoms with Crippen molar-refractivity contribution in [3.05, 3.63) is 71.0 Å². The van der Waals surface area contributed by atoms with Crippen molar-refractivity contribution in [1.29, 1.82) is 0 Å². The summed E-state index contributed by atoms with van der Waals surface area (Å²) in [7, 11) is 0. The molecule has 0 spiro atoms. The number of aromatic nitrogens is 1. The van der Waals surface area contributed by atoms with Gasteiger partial charge >= 0.3 is 11.9 Å². The Bertz CT molecular complexity index is 1000. The van der Waals surface area contributed by atoms with E-state index in [1.807, 2.05) is 6.92 Å². The van der Waals surface area contributed by atoms with E-state index in [9.17, 15) is 14.4 Å². The summed E-state index contributed by atoms with van der Waals surface area (Å²) in [6.07, 6.45) is 1.32. The van der Waals surface area contributed by atoms with Gasteiger partial charge in [-0.3, -0.25) is 20.4 Å². The van der Waals surface area contributed by atoms with Crippen LogP contribution in [0.4, 0.5) is 0 Å². The standard InChI is InChI=1S/C20H19N3O7/c1-12-16(13(2)30-23-12)10-28-15-7-5-14(6-8-15)20(26)29-11-18(24)21-22-19(25)17-4-3-9-27-17/h3-9H,10-11H2,1-2H3,(H,21,24)(H,22,25). The maximum atomic E-state index is 12.1. The lowest BCUT2D eigenvalue weighted by Crippen LogP contribution is -2.43. The van der Waals surface area contributed by atoms with Crippen molar-refractivity contribution in [3.63, 3.8) is 0 Å². The second kappa shape index (κ2) is 9.41. The van der Waals surface area contributed by atoms with Gasteiger partial charge in [0.15, 0.2) is 12.4 Å². The molecule has 3 rings (SSSR count). The molecular weight excluding hydrogens is 394 g/mol. The van der Waals surface area contributed by atoms with Gasteiger partial charge in [-0.25, -0.2) is 4.79 Å². The molecule has 0 atom stereocenters. The minimum absolute atomic E-state index is 0.0314. The lowest BCUT2D eigenvalue weighted by atomic mass is 10.2. The molecule has 2 heterocycles. The SMILES string of the molecule is Cc1noc(C)c1COc1ccc(C(=O)OCC(=O)NNC(=O)c2ccco2)cc1. The average Bonchev–Trinajstić information content (AvgIpc) is 3.40. The third-order valence-electron chi connectivity index (χ3n) is 4.05. The number of nitrogens with one attached hydrogen (secondary N) is 2. The summed E-state index contributed by atoms with van der Waals surface area (Å²) in [5.74, 6) is -0.769. The minimum atomic E-state index is -0.706. The van der Waals surface area contributed by atoms with Crippen LogP contribution in [0.2, 0.25) is 0 Å². The first kappa shape index (κ1) is 20.6. The zero-order valence-corrected chi connectivity index (χ0v) is 16.3. The Hall–Kier alpha value is -4.08. The Morgan fingerprint density at radius 1 is 1.07 bits per heavy atom. The summed E-state index contributed by atoms with van der Waals surface area (Å²) in [4.78, 5) is 35.4. The van der Waals surface area contributed by atoms with Crippen LogP contribution in [0.1, 0.15) is 37.9 Å². The van der Waals surface area contributed by atoms with Crippen molar-refractivity contribution in [1.82, 2.24) is 16.0 Å². The third kappa shape index (κ3) is 5.25. The van der Waals surface area contributed by atoms with E-state index in [4.69, 9.17) is 18.4 Å². The summed E-state index contributed by atoms with van der Waals surface area (Å²) in [6, 6.07) is 9.22. The smallest absolute Gasteiger partial charge is 0.338 e. The molecule has 156 valence electrons. The van der Waals surface area contributed by atoms with E-state index in [1.165, 1.54) is 30.5 Å². The molecule has 0 unspecified atom stereocenters. The number of carbonyl (C=O) groups excluding carboxylic acids is 3. The van der Waals surface area contributed by atoms with Gasteiger partial charge < -0.3 is 18.4 Å². The van der Waals surface area contributed by atoms with Crippen LogP contribution in [-0.2, 0) is 16.1 Å². The van der Waals surface area contributed by atoms with E-state index >= 15 is 0 Å². The lowest BCUT2D eigenvalue weighted by molar-refractivity contribution is -0.125. The number of ether oxygens (including phenoxy) is 2. The number of carbonyl (C=O) groups is 3. The number of benzene rings is 1. The van der Waals surface area contributed by atoms with Gasteiger partial charge in [-0.2, -0.15) is 0 Å². The number of hydrogen-bond donors (Lipinski definition) is 2. The van der Waals surface area contributed by atoms with Crippen molar-refractivity contribution in [3.8, 4) is 5.75 Å². The fourth-order valence-corrected chi connectivity index (χ4v) is 2.40. The van der Waals surface area contributed by atoms with Crippen molar-refractivity contribution in [2.24, 2.45) is 0 Å². The van der Waals surface area contributed by atoms with Gasteiger partial charge in [0.25, 0.3) is 5.91 Å². The summed E-state index contributed by atoms with van der Waals surface area (Å²) >= 11 is 0. The van der Waals surface area contributed by atoms with Crippen LogP contribution in [0.25, 0.3) is 0 Å². The van der Waals surface area contributed by atoms with Gasteiger partial charge in [0.05, 0.1) is 23.1 Å². The van der Waals surface area contributed by atoms with Crippen LogP contribution >= 0.6 is 0 Å². The highest BCUT2D eigenvalue weighted by atomic mass is 16.5. The second-order valence-electron chi connectivity index (χ2n) is 6.17. The van der Waals surface area contributed by atoms with E-state index in [-0.39, 0.29) is 17.9 Å². The number of nitrogens with zero attached hydrogens (tertiary/aromatic N) is 1. The number of rotatable bonds is 7. The predicted octanol–water partition coefficient (Wildman–Crippen LogP) is 2.08. The van der Waals surface area contributed by atoms with Gasteiger partial charge in [0, 0.05) is 0 Å². The summed E-state index contributed by atoms with van der Waals surface area (Å²) in [5, 5.41) is 3.86. The van der Waals surface area contributed by atoms with E-state index in [2.05, 4.69) is 16.0 Å². The molecule has 3 aromatic rings. The van der Waals surface area contributed by atoms with Crippen LogP contribution in [-0.4, -0.2) is 29.5 Å². The van der Waals surface area contributed by atoms with Crippen molar-refractivity contribution in [2.45, 2.75) is 20.5 Å². The van der Waals surface area contributed by atoms with Crippen LogP contribution in [0.5, 0.6) is 5.75 Å². The summed E-state index contributed by atoms with van der Waals surface area (Å²) in [6.45, 7) is 3.35. The number of amides is 2. The molecule has 0 fully saturated rings. The molecule has 30 heavy (non-hydrogen) atoms. The second-order valence-corrected chi connectivity index (χ2v) is 6.17. The molecule has 10 nitrogen and oxygen atoms in total. The third-order valence-corrected chi connectivity index (χ3v) is 4.05. The van der Waals surface area contributed by atoms with E-state index in [0.717, 1.165) is 11.3 Å². The van der Waals surface area contributed by atoms with Crippen LogP contribution in [0, 0.1) is 13.8 Å². The molecule has 0 radical (unpaired) electrons. The molecule has 0 saturated heterocycles. The monoisotopic (exact) mass is 413 g/mol. The normalized spacial score (nSPS) is 10.3. The molecule has 2 N–H and O–H groups in total. The molecule has 0 saturated carbocycles. The largest absolute Gasteiger partial charge is 0.489 e. The molecule has 10 heteroatoms. The number of hydrogen-bond acceptors (Lipinski definition) is 8. The lowest BCUT2D eigenvalue weighted by Gasteiger charge is -2.08. The van der Waals surface area contributed by atoms with E-state index in [1.54, 1.807) is 19.1 Å². The average molecular weight is 413 g/mol. The first-order valence-electron chi connectivity index (χ1n) is 8.88. The number of hydrazine groups is 1. The highest BCUT2D eigenvalue weighted by molar-refractivity contribution is 5.94. The maximum Gasteiger partial charge on any atom is 0.338 e. The Morgan fingerprint density at radius 2 is 1.83 bits per heavy atom. The van der Waals surface area contributed by atoms with E-state index < -0.39 is 24.4 Å². The van der Waals surface area contributed by atoms with Gasteiger partial charge in [-0.15, -0.1) is 0 Å². The predicted molar refractivity (Wildman–Crippen MR) is 101 cm³/mol. The summed E-state index contributed by atoms with van der Waals surface area (Å²) < 4.78 is 20.5. The van der Waals surface area contributed by atoms with Gasteiger partial charge in [-0.05, 0) is 50.2 Å². The molecular formula is C20H19N3O7. The van der Waals surface area contributed by atoms with Crippen LogP contribution < -0.4 is 15.6 Å². The van der Waals surface area contributed by atoms with Crippen molar-refractivity contribution >= 4 is 17.8 Å². The topological polar surface area (TPSA) is 133 Å². The molecule has 0 bridgehead atoms. The minimum Gasteiger partial charge on any atom is -0.489 e. The highest BCUT2D eigenvalue weighted by Crippen LogP contribution is 2.18. The van der Waals surface area contributed by atoms with E-state index in [0.29, 0.717) is 11.5 Å². The Labute approximate surface area is 171 Å². The first-order chi connectivity index (χ1) is 14.4. The highest BCUT2D eigenvalue weighted by Gasteiger charge is 2.13. The molecule has 0 aliphatic rings. The van der Waals surface area contributed by atoms with Gasteiger partial charge in [0.2, 0.25) is 0 Å². The van der Waals surface area contributed by atoms with Crippen LogP contribution in [0.3, 0.4) is 0 Å². The fourth-order valence-electron chi connectivity index (χ4n) is 2.40. The maximum absolute atomic E-state index is 12.1. The number of aryl methyl sites for hydroxylation is 2. The molecule has 1 aromatic carbocycles. The molecule has 2 aromatic heterocycles. The van der Waals surface area contributed by atoms with Gasteiger partial charge in [0.1, 0.15) is 18.1 Å². The molecule has 0 aliphatic carbocycles. The zero-order chi connectivity index (χ0) is 21.5. The van der Waals surface area contributed by atoms with Gasteiger partial charge in [-0.1, -0.05) is 5.16 Å². The van der Waals surface area contributed by atoms with Crippen molar-refractivity contribution in [2.75, 3.05) is 6.61 Å². The fraction of sp³-hybridized carbons (Fsp3) is 0.200. The Balaban J connectivity index is 1.43.